The maximum Gasteiger partial charge on any atom is 0.122 e. The van der Waals surface area contributed by atoms with Crippen molar-refractivity contribution in [3.63, 3.8) is 0 Å². The summed E-state index contributed by atoms with van der Waals surface area (Å²) >= 11 is 0. The molecule has 0 aliphatic carbocycles. The third-order valence-electron chi connectivity index (χ3n) is 4.19. The summed E-state index contributed by atoms with van der Waals surface area (Å²) in [6.07, 6.45) is 3.84. The number of hydrogen-bond donors (Lipinski definition) is 2. The van der Waals surface area contributed by atoms with E-state index in [9.17, 15) is 0 Å². The summed E-state index contributed by atoms with van der Waals surface area (Å²) in [4.78, 5) is 4.36. The molecule has 1 rings (SSSR count). The molecule has 20 heavy (non-hydrogen) atoms. The van der Waals surface area contributed by atoms with Crippen molar-refractivity contribution in [3.8, 4) is 0 Å². The fraction of sp³-hybridized carbons (Fsp3) is 0.812. The molecule has 2 atom stereocenters. The lowest BCUT2D eigenvalue weighted by Gasteiger charge is -2.31. The van der Waals surface area contributed by atoms with E-state index in [0.29, 0.717) is 23.4 Å². The quantitative estimate of drug-likeness (QED) is 0.806. The molecule has 0 saturated heterocycles. The summed E-state index contributed by atoms with van der Waals surface area (Å²) in [6, 6.07) is 0.954. The van der Waals surface area contributed by atoms with Crippen LogP contribution in [0.15, 0.2) is 12.4 Å². The van der Waals surface area contributed by atoms with Crippen LogP contribution < -0.4 is 10.6 Å². The molecule has 2 N–H and O–H groups in total. The number of hydrogen-bond acceptors (Lipinski definition) is 3. The average molecular weight is 280 g/mol. The summed E-state index contributed by atoms with van der Waals surface area (Å²) in [6.45, 7) is 15.4. The van der Waals surface area contributed by atoms with Crippen LogP contribution in [-0.4, -0.2) is 28.2 Å². The maximum absolute atomic E-state index is 4.36. The predicted molar refractivity (Wildman–Crippen MR) is 85.6 cm³/mol. The Balaban J connectivity index is 2.47. The van der Waals surface area contributed by atoms with Gasteiger partial charge in [0.2, 0.25) is 0 Å². The van der Waals surface area contributed by atoms with Gasteiger partial charge in [-0.1, -0.05) is 34.6 Å². The minimum atomic E-state index is 0.293. The molecule has 1 aromatic heterocycles. The van der Waals surface area contributed by atoms with E-state index in [1.807, 2.05) is 19.4 Å². The van der Waals surface area contributed by atoms with E-state index in [2.05, 4.69) is 61.7 Å². The highest BCUT2D eigenvalue weighted by atomic mass is 15.1. The SMILES string of the molecule is CC(C)[C@@H](CN[C@H](C)C(C)(C)C)NCc1nccn1C. The van der Waals surface area contributed by atoms with Gasteiger partial charge in [-0.25, -0.2) is 4.98 Å². The normalized spacial score (nSPS) is 15.6. The zero-order valence-electron chi connectivity index (χ0n) is 14.2. The van der Waals surface area contributed by atoms with Crippen molar-refractivity contribution < 1.29 is 0 Å². The number of nitrogens with zero attached hydrogens (tertiary/aromatic N) is 2. The first kappa shape index (κ1) is 17.2. The first-order valence-corrected chi connectivity index (χ1v) is 7.64. The molecule has 1 aromatic rings. The second-order valence-electron chi connectivity index (χ2n) is 7.18. The molecule has 0 bridgehead atoms. The molecule has 0 saturated carbocycles. The first-order valence-electron chi connectivity index (χ1n) is 7.64. The lowest BCUT2D eigenvalue weighted by atomic mass is 9.88. The number of nitrogens with one attached hydrogen (secondary N) is 2. The lowest BCUT2D eigenvalue weighted by molar-refractivity contribution is 0.263. The van der Waals surface area contributed by atoms with E-state index in [0.717, 1.165) is 18.9 Å². The summed E-state index contributed by atoms with van der Waals surface area (Å²) in [5.74, 6) is 1.68. The van der Waals surface area contributed by atoms with Crippen molar-refractivity contribution in [1.29, 1.82) is 0 Å². The van der Waals surface area contributed by atoms with Crippen molar-refractivity contribution in [2.24, 2.45) is 18.4 Å². The Hall–Kier alpha value is -0.870. The van der Waals surface area contributed by atoms with E-state index in [1.165, 1.54) is 0 Å². The molecule has 0 aliphatic rings. The molecular formula is C16H32N4. The van der Waals surface area contributed by atoms with Crippen LogP contribution in [0.3, 0.4) is 0 Å². The zero-order chi connectivity index (χ0) is 15.3. The van der Waals surface area contributed by atoms with Gasteiger partial charge in [-0.15, -0.1) is 0 Å². The molecule has 0 fully saturated rings. The Kier molecular flexibility index (Phi) is 6.21. The van der Waals surface area contributed by atoms with E-state index in [1.54, 1.807) is 0 Å². The zero-order valence-corrected chi connectivity index (χ0v) is 14.2. The lowest BCUT2D eigenvalue weighted by Crippen LogP contribution is -2.47. The molecule has 116 valence electrons. The monoisotopic (exact) mass is 280 g/mol. The molecular weight excluding hydrogens is 248 g/mol. The highest BCUT2D eigenvalue weighted by molar-refractivity contribution is 4.91. The molecule has 0 spiro atoms. The molecule has 4 nitrogen and oxygen atoms in total. The van der Waals surface area contributed by atoms with Gasteiger partial charge in [-0.2, -0.15) is 0 Å². The summed E-state index contributed by atoms with van der Waals surface area (Å²) in [5.41, 5.74) is 0.293. The van der Waals surface area contributed by atoms with E-state index < -0.39 is 0 Å². The molecule has 0 aromatic carbocycles. The number of aryl methyl sites for hydroxylation is 1. The van der Waals surface area contributed by atoms with Crippen LogP contribution in [0.4, 0.5) is 0 Å². The molecule has 0 aliphatic heterocycles. The standard InChI is InChI=1S/C16H32N4/c1-12(2)14(10-18-13(3)16(4,5)6)19-11-15-17-8-9-20(15)7/h8-9,12-14,18-19H,10-11H2,1-7H3/t13-,14-/m1/s1. The minimum absolute atomic E-state index is 0.293. The van der Waals surface area contributed by atoms with Gasteiger partial charge in [0, 0.05) is 38.1 Å². The van der Waals surface area contributed by atoms with Gasteiger partial charge in [0.05, 0.1) is 6.54 Å². The second kappa shape index (κ2) is 7.23. The Morgan fingerprint density at radius 3 is 2.30 bits per heavy atom. The second-order valence-corrected chi connectivity index (χ2v) is 7.18. The Morgan fingerprint density at radius 1 is 1.20 bits per heavy atom. The number of aromatic nitrogens is 2. The summed E-state index contributed by atoms with van der Waals surface area (Å²) < 4.78 is 2.07. The highest BCUT2D eigenvalue weighted by Gasteiger charge is 2.21. The average Bonchev–Trinajstić information content (AvgIpc) is 2.73. The van der Waals surface area contributed by atoms with Crippen LogP contribution in [0.5, 0.6) is 0 Å². The van der Waals surface area contributed by atoms with E-state index >= 15 is 0 Å². The van der Waals surface area contributed by atoms with Crippen molar-refractivity contribution in [1.82, 2.24) is 20.2 Å². The van der Waals surface area contributed by atoms with Gasteiger partial charge < -0.3 is 15.2 Å². The topological polar surface area (TPSA) is 41.9 Å². The van der Waals surface area contributed by atoms with Crippen molar-refractivity contribution in [2.45, 2.75) is 60.2 Å². The number of imidazole rings is 1. The van der Waals surface area contributed by atoms with Gasteiger partial charge in [-0.3, -0.25) is 0 Å². The van der Waals surface area contributed by atoms with Crippen LogP contribution in [0.2, 0.25) is 0 Å². The van der Waals surface area contributed by atoms with Crippen LogP contribution in [-0.2, 0) is 13.6 Å². The first-order chi connectivity index (χ1) is 9.21. The third kappa shape index (κ3) is 5.25. The predicted octanol–water partition coefficient (Wildman–Crippen LogP) is 2.56. The van der Waals surface area contributed by atoms with Gasteiger partial charge in [-0.05, 0) is 18.3 Å². The molecule has 0 amide bonds. The van der Waals surface area contributed by atoms with E-state index in [-0.39, 0.29) is 0 Å². The van der Waals surface area contributed by atoms with Crippen LogP contribution in [0.1, 0.15) is 47.4 Å². The van der Waals surface area contributed by atoms with Gasteiger partial charge in [0.1, 0.15) is 5.82 Å². The van der Waals surface area contributed by atoms with Crippen LogP contribution in [0, 0.1) is 11.3 Å². The fourth-order valence-corrected chi connectivity index (χ4v) is 1.94. The molecule has 0 unspecified atom stereocenters. The fourth-order valence-electron chi connectivity index (χ4n) is 1.94. The van der Waals surface area contributed by atoms with E-state index in [4.69, 9.17) is 0 Å². The Labute approximate surface area is 124 Å². The molecule has 4 heteroatoms. The largest absolute Gasteiger partial charge is 0.337 e. The Bertz CT molecular complexity index is 389. The third-order valence-corrected chi connectivity index (χ3v) is 4.19. The maximum atomic E-state index is 4.36. The van der Waals surface area contributed by atoms with Gasteiger partial charge in [0.25, 0.3) is 0 Å². The minimum Gasteiger partial charge on any atom is -0.337 e. The smallest absolute Gasteiger partial charge is 0.122 e. The van der Waals surface area contributed by atoms with Crippen molar-refractivity contribution in [2.75, 3.05) is 6.54 Å². The van der Waals surface area contributed by atoms with Gasteiger partial charge >= 0.3 is 0 Å². The van der Waals surface area contributed by atoms with Crippen molar-refractivity contribution in [3.05, 3.63) is 18.2 Å². The molecule has 1 heterocycles. The highest BCUT2D eigenvalue weighted by Crippen LogP contribution is 2.18. The van der Waals surface area contributed by atoms with Crippen LogP contribution in [0.25, 0.3) is 0 Å². The Morgan fingerprint density at radius 2 is 1.85 bits per heavy atom. The van der Waals surface area contributed by atoms with Gasteiger partial charge in [0.15, 0.2) is 0 Å². The van der Waals surface area contributed by atoms with Crippen molar-refractivity contribution >= 4 is 0 Å². The van der Waals surface area contributed by atoms with Crippen LogP contribution >= 0.6 is 0 Å². The summed E-state index contributed by atoms with van der Waals surface area (Å²) in [5, 5.41) is 7.28. The summed E-state index contributed by atoms with van der Waals surface area (Å²) in [7, 11) is 2.04. The number of rotatable bonds is 7. The molecule has 0 radical (unpaired) electrons.